The van der Waals surface area contributed by atoms with Crippen LogP contribution in [0.2, 0.25) is 0 Å². The Labute approximate surface area is 96.2 Å². The summed E-state index contributed by atoms with van der Waals surface area (Å²) < 4.78 is 13.7. The smallest absolute Gasteiger partial charge is 0.128 e. The summed E-state index contributed by atoms with van der Waals surface area (Å²) in [6, 6.07) is 5.02. The van der Waals surface area contributed by atoms with Crippen molar-refractivity contribution in [3.05, 3.63) is 46.8 Å². The van der Waals surface area contributed by atoms with E-state index in [9.17, 15) is 4.39 Å². The lowest BCUT2D eigenvalue weighted by atomic mass is 9.90. The van der Waals surface area contributed by atoms with Gasteiger partial charge in [0, 0.05) is 5.56 Å². The molecule has 86 valence electrons. The zero-order valence-electron chi connectivity index (χ0n) is 9.67. The van der Waals surface area contributed by atoms with Gasteiger partial charge in [0.25, 0.3) is 0 Å². The van der Waals surface area contributed by atoms with Crippen LogP contribution in [-0.4, -0.2) is 0 Å². The maximum Gasteiger partial charge on any atom is 0.128 e. The van der Waals surface area contributed by atoms with Gasteiger partial charge in [-0.05, 0) is 44.2 Å². The summed E-state index contributed by atoms with van der Waals surface area (Å²) in [5, 5.41) is 0. The van der Waals surface area contributed by atoms with Crippen molar-refractivity contribution < 1.29 is 4.39 Å². The molecule has 1 nitrogen and oxygen atoms in total. The second-order valence-corrected chi connectivity index (χ2v) is 4.53. The molecule has 2 N–H and O–H groups in total. The SMILES string of the molecule is Cc1ccc(C(N)C2=CCCCC2)c(F)c1. The molecule has 1 aliphatic carbocycles. The Morgan fingerprint density at radius 2 is 2.12 bits per heavy atom. The summed E-state index contributed by atoms with van der Waals surface area (Å²) in [4.78, 5) is 0. The van der Waals surface area contributed by atoms with Gasteiger partial charge < -0.3 is 5.73 Å². The number of nitrogens with two attached hydrogens (primary N) is 1. The summed E-state index contributed by atoms with van der Waals surface area (Å²) in [7, 11) is 0. The molecule has 0 aliphatic heterocycles. The second kappa shape index (κ2) is 4.79. The van der Waals surface area contributed by atoms with Gasteiger partial charge in [-0.25, -0.2) is 4.39 Å². The summed E-state index contributed by atoms with van der Waals surface area (Å²) in [5.74, 6) is -0.182. The van der Waals surface area contributed by atoms with Crippen molar-refractivity contribution in [3.8, 4) is 0 Å². The molecule has 1 aromatic rings. The molecule has 2 heteroatoms. The lowest BCUT2D eigenvalue weighted by molar-refractivity contribution is 0.581. The van der Waals surface area contributed by atoms with Gasteiger partial charge in [0.15, 0.2) is 0 Å². The molecule has 0 aromatic heterocycles. The topological polar surface area (TPSA) is 26.0 Å². The minimum atomic E-state index is -0.263. The Bertz CT molecular complexity index is 409. The molecule has 0 radical (unpaired) electrons. The summed E-state index contributed by atoms with van der Waals surface area (Å²) in [6.07, 6.45) is 6.66. The first-order valence-corrected chi connectivity index (χ1v) is 5.89. The minimum Gasteiger partial charge on any atom is -0.320 e. The molecule has 0 amide bonds. The first-order chi connectivity index (χ1) is 7.68. The molecule has 16 heavy (non-hydrogen) atoms. The van der Waals surface area contributed by atoms with E-state index in [0.717, 1.165) is 18.4 Å². The van der Waals surface area contributed by atoms with Crippen molar-refractivity contribution in [2.75, 3.05) is 0 Å². The van der Waals surface area contributed by atoms with Gasteiger partial charge in [0.2, 0.25) is 0 Å². The second-order valence-electron chi connectivity index (χ2n) is 4.53. The van der Waals surface area contributed by atoms with Crippen LogP contribution in [0.5, 0.6) is 0 Å². The van der Waals surface area contributed by atoms with Crippen LogP contribution < -0.4 is 5.73 Å². The molecular formula is C14H18FN. The molecule has 2 rings (SSSR count). The van der Waals surface area contributed by atoms with Gasteiger partial charge in [-0.15, -0.1) is 0 Å². The summed E-state index contributed by atoms with van der Waals surface area (Å²) in [6.45, 7) is 1.89. The Balaban J connectivity index is 2.26. The van der Waals surface area contributed by atoms with Gasteiger partial charge in [0.1, 0.15) is 5.82 Å². The first-order valence-electron chi connectivity index (χ1n) is 5.89. The zero-order chi connectivity index (χ0) is 11.5. The fourth-order valence-electron chi connectivity index (χ4n) is 2.23. The number of benzene rings is 1. The largest absolute Gasteiger partial charge is 0.320 e. The van der Waals surface area contributed by atoms with E-state index in [4.69, 9.17) is 5.73 Å². The van der Waals surface area contributed by atoms with E-state index in [2.05, 4.69) is 6.08 Å². The average Bonchev–Trinajstić information content (AvgIpc) is 2.29. The van der Waals surface area contributed by atoms with E-state index >= 15 is 0 Å². The third kappa shape index (κ3) is 2.33. The molecule has 0 heterocycles. The van der Waals surface area contributed by atoms with E-state index in [1.165, 1.54) is 18.4 Å². The van der Waals surface area contributed by atoms with Crippen LogP contribution in [-0.2, 0) is 0 Å². The fourth-order valence-corrected chi connectivity index (χ4v) is 2.23. The average molecular weight is 219 g/mol. The minimum absolute atomic E-state index is 0.182. The standard InChI is InChI=1S/C14H18FN/c1-10-7-8-12(13(15)9-10)14(16)11-5-3-2-4-6-11/h5,7-9,14H,2-4,6,16H2,1H3. The maximum absolute atomic E-state index is 13.7. The highest BCUT2D eigenvalue weighted by molar-refractivity contribution is 5.32. The Hall–Kier alpha value is -1.15. The van der Waals surface area contributed by atoms with Crippen LogP contribution in [0, 0.1) is 12.7 Å². The molecular weight excluding hydrogens is 201 g/mol. The highest BCUT2D eigenvalue weighted by Gasteiger charge is 2.17. The molecule has 0 saturated carbocycles. The number of halogens is 1. The predicted octanol–water partition coefficient (Wildman–Crippen LogP) is 3.63. The van der Waals surface area contributed by atoms with Crippen LogP contribution in [0.25, 0.3) is 0 Å². The number of hydrogen-bond acceptors (Lipinski definition) is 1. The molecule has 1 aromatic carbocycles. The van der Waals surface area contributed by atoms with Crippen molar-refractivity contribution in [1.29, 1.82) is 0 Å². The number of allylic oxidation sites excluding steroid dienone is 1. The number of hydrogen-bond donors (Lipinski definition) is 1. The Kier molecular flexibility index (Phi) is 3.39. The van der Waals surface area contributed by atoms with Crippen LogP contribution in [0.3, 0.4) is 0 Å². The highest BCUT2D eigenvalue weighted by atomic mass is 19.1. The van der Waals surface area contributed by atoms with Gasteiger partial charge in [-0.1, -0.05) is 23.8 Å². The van der Waals surface area contributed by atoms with Gasteiger partial charge in [-0.2, -0.15) is 0 Å². The zero-order valence-corrected chi connectivity index (χ0v) is 9.67. The fraction of sp³-hybridized carbons (Fsp3) is 0.429. The van der Waals surface area contributed by atoms with E-state index in [-0.39, 0.29) is 11.9 Å². The summed E-state index contributed by atoms with van der Waals surface area (Å²) in [5.41, 5.74) is 8.86. The van der Waals surface area contributed by atoms with Crippen molar-refractivity contribution in [2.24, 2.45) is 5.73 Å². The van der Waals surface area contributed by atoms with Crippen LogP contribution in [0.1, 0.15) is 42.9 Å². The monoisotopic (exact) mass is 219 g/mol. The quantitative estimate of drug-likeness (QED) is 0.755. The van der Waals surface area contributed by atoms with Crippen LogP contribution in [0.4, 0.5) is 4.39 Å². The van der Waals surface area contributed by atoms with E-state index < -0.39 is 0 Å². The van der Waals surface area contributed by atoms with Crippen LogP contribution >= 0.6 is 0 Å². The van der Waals surface area contributed by atoms with Gasteiger partial charge in [0.05, 0.1) is 6.04 Å². The molecule has 1 atom stereocenters. The van der Waals surface area contributed by atoms with E-state index in [1.807, 2.05) is 19.1 Å². The maximum atomic E-state index is 13.7. The first kappa shape index (κ1) is 11.3. The van der Waals surface area contributed by atoms with Gasteiger partial charge >= 0.3 is 0 Å². The van der Waals surface area contributed by atoms with Crippen molar-refractivity contribution >= 4 is 0 Å². The lowest BCUT2D eigenvalue weighted by Gasteiger charge is -2.20. The van der Waals surface area contributed by atoms with Crippen molar-refractivity contribution in [3.63, 3.8) is 0 Å². The van der Waals surface area contributed by atoms with Crippen molar-refractivity contribution in [2.45, 2.75) is 38.6 Å². The van der Waals surface area contributed by atoms with E-state index in [0.29, 0.717) is 5.56 Å². The third-order valence-corrected chi connectivity index (χ3v) is 3.22. The normalized spacial score (nSPS) is 18.1. The molecule has 0 bridgehead atoms. The van der Waals surface area contributed by atoms with Crippen molar-refractivity contribution in [1.82, 2.24) is 0 Å². The Morgan fingerprint density at radius 1 is 1.31 bits per heavy atom. The van der Waals surface area contributed by atoms with E-state index in [1.54, 1.807) is 6.07 Å². The van der Waals surface area contributed by atoms with Gasteiger partial charge in [-0.3, -0.25) is 0 Å². The number of aryl methyl sites for hydroxylation is 1. The summed E-state index contributed by atoms with van der Waals surface area (Å²) >= 11 is 0. The van der Waals surface area contributed by atoms with Crippen LogP contribution in [0.15, 0.2) is 29.8 Å². The lowest BCUT2D eigenvalue weighted by Crippen LogP contribution is -2.16. The highest BCUT2D eigenvalue weighted by Crippen LogP contribution is 2.29. The Morgan fingerprint density at radius 3 is 2.75 bits per heavy atom. The molecule has 0 saturated heterocycles. The molecule has 1 unspecified atom stereocenters. The molecule has 1 aliphatic rings. The molecule has 0 fully saturated rings. The third-order valence-electron chi connectivity index (χ3n) is 3.22. The number of rotatable bonds is 2. The predicted molar refractivity (Wildman–Crippen MR) is 64.6 cm³/mol. The molecule has 0 spiro atoms.